The van der Waals surface area contributed by atoms with Crippen LogP contribution in [0.5, 0.6) is 0 Å². The van der Waals surface area contributed by atoms with E-state index in [1.165, 1.54) is 44.9 Å². The molecule has 1 heteroatoms. The lowest BCUT2D eigenvalue weighted by atomic mass is 9.49. The third-order valence-corrected chi connectivity index (χ3v) is 10.7. The molecule has 0 bridgehead atoms. The van der Waals surface area contributed by atoms with Crippen molar-refractivity contribution in [2.45, 2.75) is 105 Å². The van der Waals surface area contributed by atoms with Gasteiger partial charge in [0, 0.05) is 0 Å². The van der Waals surface area contributed by atoms with Crippen LogP contribution in [0.3, 0.4) is 0 Å². The van der Waals surface area contributed by atoms with Gasteiger partial charge in [-0.3, -0.25) is 0 Å². The van der Waals surface area contributed by atoms with E-state index in [9.17, 15) is 5.11 Å². The zero-order chi connectivity index (χ0) is 21.7. The molecule has 0 saturated heterocycles. The van der Waals surface area contributed by atoms with Crippen LogP contribution in [0.4, 0.5) is 0 Å². The third kappa shape index (κ3) is 3.66. The molecule has 0 heterocycles. The third-order valence-electron chi connectivity index (χ3n) is 10.7. The molecule has 9 atom stereocenters. The molecule has 2 fully saturated rings. The van der Waals surface area contributed by atoms with Gasteiger partial charge in [0.2, 0.25) is 0 Å². The largest absolute Gasteiger partial charge is 0.393 e. The number of aliphatic hydroxyl groups excluding tert-OH is 1. The molecule has 0 aromatic heterocycles. The Balaban J connectivity index is 1.51. The van der Waals surface area contributed by atoms with E-state index in [-0.39, 0.29) is 6.10 Å². The first-order valence-corrected chi connectivity index (χ1v) is 13.3. The Kier molecular flexibility index (Phi) is 6.35. The van der Waals surface area contributed by atoms with Gasteiger partial charge in [0.25, 0.3) is 0 Å². The van der Waals surface area contributed by atoms with Gasteiger partial charge in [-0.25, -0.2) is 0 Å². The second-order valence-electron chi connectivity index (χ2n) is 12.5. The number of fused-ring (bicyclic) bond motifs is 5. The molecule has 0 aliphatic heterocycles. The lowest BCUT2D eigenvalue weighted by molar-refractivity contribution is 0.0179. The molecule has 0 radical (unpaired) electrons. The fourth-order valence-electron chi connectivity index (χ4n) is 8.65. The summed E-state index contributed by atoms with van der Waals surface area (Å²) in [4.78, 5) is 0. The summed E-state index contributed by atoms with van der Waals surface area (Å²) in [5, 5.41) is 10.2. The first-order valence-electron chi connectivity index (χ1n) is 13.3. The summed E-state index contributed by atoms with van der Waals surface area (Å²) >= 11 is 0. The molecule has 1 nitrogen and oxygen atoms in total. The summed E-state index contributed by atoms with van der Waals surface area (Å²) in [6.07, 6.45) is 19.2. The molecule has 4 rings (SSSR count). The Labute approximate surface area is 186 Å². The van der Waals surface area contributed by atoms with Crippen molar-refractivity contribution in [2.75, 3.05) is 0 Å². The average Bonchev–Trinajstić information content (AvgIpc) is 3.06. The molecule has 170 valence electrons. The second-order valence-corrected chi connectivity index (χ2v) is 12.5. The molecule has 0 amide bonds. The number of hydrogen-bond donors (Lipinski definition) is 1. The fourth-order valence-corrected chi connectivity index (χ4v) is 8.65. The van der Waals surface area contributed by atoms with Crippen molar-refractivity contribution >= 4 is 0 Å². The number of aliphatic hydroxyl groups is 1. The normalized spacial score (nSPS) is 44.8. The van der Waals surface area contributed by atoms with E-state index in [1.54, 1.807) is 5.57 Å². The Hall–Kier alpha value is -0.560. The summed E-state index contributed by atoms with van der Waals surface area (Å²) in [6.45, 7) is 14.9. The van der Waals surface area contributed by atoms with Crippen LogP contribution >= 0.6 is 0 Å². The Bertz CT molecular complexity index is 674. The minimum Gasteiger partial charge on any atom is -0.393 e. The maximum atomic E-state index is 10.2. The highest BCUT2D eigenvalue weighted by molar-refractivity contribution is 5.30. The number of allylic oxidation sites excluding steroid dienone is 3. The molecule has 0 spiro atoms. The van der Waals surface area contributed by atoms with Crippen molar-refractivity contribution in [1.82, 2.24) is 0 Å². The van der Waals surface area contributed by atoms with Crippen molar-refractivity contribution in [3.63, 3.8) is 0 Å². The zero-order valence-corrected chi connectivity index (χ0v) is 20.7. The number of rotatable bonds is 6. The van der Waals surface area contributed by atoms with Crippen molar-refractivity contribution in [1.29, 1.82) is 0 Å². The van der Waals surface area contributed by atoms with E-state index in [0.29, 0.717) is 16.7 Å². The van der Waals surface area contributed by atoms with E-state index >= 15 is 0 Å². The first-order chi connectivity index (χ1) is 14.2. The maximum Gasteiger partial charge on any atom is 0.0577 e. The van der Waals surface area contributed by atoms with Gasteiger partial charge in [-0.1, -0.05) is 78.2 Å². The quantitative estimate of drug-likeness (QED) is 0.441. The van der Waals surface area contributed by atoms with E-state index in [4.69, 9.17) is 0 Å². The molecule has 4 aliphatic carbocycles. The van der Waals surface area contributed by atoms with Crippen LogP contribution in [0.2, 0.25) is 0 Å². The highest BCUT2D eigenvalue weighted by Gasteiger charge is 2.57. The Morgan fingerprint density at radius 3 is 2.57 bits per heavy atom. The predicted molar refractivity (Wildman–Crippen MR) is 128 cm³/mol. The maximum absolute atomic E-state index is 10.2. The first kappa shape index (κ1) is 22.6. The smallest absolute Gasteiger partial charge is 0.0577 e. The molecule has 30 heavy (non-hydrogen) atoms. The molecular formula is C29H48O. The van der Waals surface area contributed by atoms with Crippen LogP contribution in [0.25, 0.3) is 0 Å². The fraction of sp³-hybridized carbons (Fsp3) is 0.862. The van der Waals surface area contributed by atoms with Gasteiger partial charge in [0.05, 0.1) is 6.10 Å². The van der Waals surface area contributed by atoms with Crippen LogP contribution in [0, 0.1) is 52.3 Å². The van der Waals surface area contributed by atoms with Crippen LogP contribution in [-0.4, -0.2) is 11.2 Å². The van der Waals surface area contributed by atoms with Gasteiger partial charge < -0.3 is 5.11 Å². The zero-order valence-electron chi connectivity index (χ0n) is 20.7. The van der Waals surface area contributed by atoms with Gasteiger partial charge in [0.1, 0.15) is 0 Å². The summed E-state index contributed by atoms with van der Waals surface area (Å²) < 4.78 is 0. The Morgan fingerprint density at radius 2 is 1.87 bits per heavy atom. The molecule has 2 saturated carbocycles. The van der Waals surface area contributed by atoms with Crippen LogP contribution in [0.15, 0.2) is 23.8 Å². The van der Waals surface area contributed by atoms with Gasteiger partial charge in [-0.05, 0) is 97.2 Å². The van der Waals surface area contributed by atoms with Crippen molar-refractivity contribution in [3.8, 4) is 0 Å². The van der Waals surface area contributed by atoms with Crippen LogP contribution < -0.4 is 0 Å². The predicted octanol–water partition coefficient (Wildman–Crippen LogP) is 7.80. The summed E-state index contributed by atoms with van der Waals surface area (Å²) in [5.41, 5.74) is 2.27. The lowest BCUT2D eigenvalue weighted by Gasteiger charge is -2.55. The monoisotopic (exact) mass is 412 g/mol. The molecule has 0 unspecified atom stereocenters. The minimum absolute atomic E-state index is 0.104. The summed E-state index contributed by atoms with van der Waals surface area (Å²) in [6, 6.07) is 0. The SMILES string of the molecule is CC[C@H](CC[C@@H](C)[C@H]1CC[C@H]2[C@@H]3CC=C4C[C@@H](O)CC[C@]4(C)[C@H]3C=C[C@]12C)C(C)C. The van der Waals surface area contributed by atoms with Gasteiger partial charge in [-0.15, -0.1) is 0 Å². The summed E-state index contributed by atoms with van der Waals surface area (Å²) in [7, 11) is 0. The summed E-state index contributed by atoms with van der Waals surface area (Å²) in [5.74, 6) is 5.78. The van der Waals surface area contributed by atoms with E-state index < -0.39 is 0 Å². The highest BCUT2D eigenvalue weighted by atomic mass is 16.3. The van der Waals surface area contributed by atoms with E-state index in [0.717, 1.165) is 48.3 Å². The topological polar surface area (TPSA) is 20.2 Å². The molecule has 1 N–H and O–H groups in total. The number of hydrogen-bond acceptors (Lipinski definition) is 1. The highest BCUT2D eigenvalue weighted by Crippen LogP contribution is 2.65. The van der Waals surface area contributed by atoms with E-state index in [1.807, 2.05) is 0 Å². The second kappa shape index (κ2) is 8.42. The Morgan fingerprint density at radius 1 is 1.10 bits per heavy atom. The van der Waals surface area contributed by atoms with Crippen LogP contribution in [0.1, 0.15) is 99.3 Å². The lowest BCUT2D eigenvalue weighted by Crippen LogP contribution is -2.48. The molecule has 0 aromatic carbocycles. The molecule has 4 aliphatic rings. The van der Waals surface area contributed by atoms with Crippen LogP contribution in [-0.2, 0) is 0 Å². The van der Waals surface area contributed by atoms with Gasteiger partial charge >= 0.3 is 0 Å². The van der Waals surface area contributed by atoms with Gasteiger partial charge in [-0.2, -0.15) is 0 Å². The average molecular weight is 413 g/mol. The van der Waals surface area contributed by atoms with Crippen molar-refractivity contribution in [3.05, 3.63) is 23.8 Å². The van der Waals surface area contributed by atoms with Crippen molar-refractivity contribution in [2.24, 2.45) is 52.3 Å². The molecule has 0 aromatic rings. The minimum atomic E-state index is -0.104. The molecular weight excluding hydrogens is 364 g/mol. The van der Waals surface area contributed by atoms with E-state index in [2.05, 4.69) is 59.8 Å². The standard InChI is InChI=1S/C29H48O/c1-7-21(19(2)3)9-8-20(4)25-12-13-26-24-11-10-22-18-23(30)14-16-28(22,5)27(24)15-17-29(25,26)6/h10,15,17,19-21,23-27,30H,7-9,11-14,16,18H2,1-6H3/t20-,21-,23+,24+,25-,26+,27+,28+,29-/m1/s1. The van der Waals surface area contributed by atoms with Gasteiger partial charge in [0.15, 0.2) is 0 Å². The van der Waals surface area contributed by atoms with Crippen molar-refractivity contribution < 1.29 is 5.11 Å².